The zero-order valence-electron chi connectivity index (χ0n) is 15.2. The lowest BCUT2D eigenvalue weighted by molar-refractivity contribution is -0.128. The average molecular weight is 401 g/mol. The second-order valence-electron chi connectivity index (χ2n) is 6.69. The van der Waals surface area contributed by atoms with E-state index in [0.717, 1.165) is 31.3 Å². The van der Waals surface area contributed by atoms with Crippen molar-refractivity contribution in [3.8, 4) is 0 Å². The molecule has 2 amide bonds. The largest absolute Gasteiger partial charge is 0.503 e. The van der Waals surface area contributed by atoms with E-state index in [1.807, 2.05) is 25.2 Å². The molecule has 0 radical (unpaired) electrons. The van der Waals surface area contributed by atoms with Crippen molar-refractivity contribution in [2.45, 2.75) is 55.8 Å². The first-order valence-corrected chi connectivity index (χ1v) is 9.89. The maximum absolute atomic E-state index is 12.5. The highest BCUT2D eigenvalue weighted by atomic mass is 35.5. The van der Waals surface area contributed by atoms with E-state index >= 15 is 0 Å². The molecule has 3 atom stereocenters. The number of unbranched alkanes of at least 4 members (excludes halogenated alkanes) is 1. The molecule has 2 rings (SSSR count). The Morgan fingerprint density at radius 1 is 1.31 bits per heavy atom. The maximum Gasteiger partial charge on any atom is 0.289 e. The third kappa shape index (κ3) is 4.83. The first-order chi connectivity index (χ1) is 12.4. The average Bonchev–Trinajstić information content (AvgIpc) is 2.83. The van der Waals surface area contributed by atoms with Crippen LogP contribution in [0.4, 0.5) is 0 Å². The van der Waals surface area contributed by atoms with Gasteiger partial charge >= 0.3 is 0 Å². The van der Waals surface area contributed by atoms with Gasteiger partial charge in [-0.25, -0.2) is 0 Å². The molecule has 3 unspecified atom stereocenters. The number of hydrogen-bond acceptors (Lipinski definition) is 3. The number of halogens is 2. The molecule has 5 nitrogen and oxygen atoms in total. The molecule has 0 aromatic heterocycles. The van der Waals surface area contributed by atoms with Crippen LogP contribution in [0.5, 0.6) is 0 Å². The van der Waals surface area contributed by atoms with Crippen LogP contribution in [0.2, 0.25) is 0 Å². The van der Waals surface area contributed by atoms with Gasteiger partial charge in [-0.3, -0.25) is 9.59 Å². The summed E-state index contributed by atoms with van der Waals surface area (Å²) in [6.45, 7) is 2.50. The van der Waals surface area contributed by atoms with Gasteiger partial charge in [0.1, 0.15) is 0 Å². The summed E-state index contributed by atoms with van der Waals surface area (Å²) in [7, 11) is 1.62. The van der Waals surface area contributed by atoms with Crippen molar-refractivity contribution in [2.75, 3.05) is 13.6 Å². The number of carbonyl (C=O) groups excluding carboxylic acids is 2. The fraction of sp³-hybridized carbons (Fsp3) is 0.579. The molecular weight excluding hydrogens is 375 g/mol. The van der Waals surface area contributed by atoms with Crippen LogP contribution in [0, 0.1) is 0 Å². The minimum atomic E-state index is -0.488. The quantitative estimate of drug-likeness (QED) is 0.484. The van der Waals surface area contributed by atoms with E-state index in [0.29, 0.717) is 13.0 Å². The van der Waals surface area contributed by atoms with E-state index < -0.39 is 11.7 Å². The third-order valence-electron chi connectivity index (χ3n) is 4.75. The van der Waals surface area contributed by atoms with Gasteiger partial charge < -0.3 is 15.3 Å². The van der Waals surface area contributed by atoms with Gasteiger partial charge in [-0.15, -0.1) is 23.2 Å². The maximum atomic E-state index is 12.5. The van der Waals surface area contributed by atoms with Gasteiger partial charge in [0.15, 0.2) is 5.76 Å². The highest BCUT2D eigenvalue weighted by Crippen LogP contribution is 2.27. The molecule has 1 aliphatic heterocycles. The van der Waals surface area contributed by atoms with E-state index in [1.54, 1.807) is 7.05 Å². The summed E-state index contributed by atoms with van der Waals surface area (Å²) in [6.07, 6.45) is 9.77. The molecule has 2 N–H and O–H groups in total. The summed E-state index contributed by atoms with van der Waals surface area (Å²) in [5.41, 5.74) is 1.28. The van der Waals surface area contributed by atoms with Gasteiger partial charge in [-0.2, -0.15) is 0 Å². The molecule has 0 fully saturated rings. The summed E-state index contributed by atoms with van der Waals surface area (Å²) in [4.78, 5) is 25.9. The van der Waals surface area contributed by atoms with Gasteiger partial charge in [0.05, 0.1) is 22.4 Å². The molecule has 0 saturated heterocycles. The first-order valence-electron chi connectivity index (χ1n) is 9.02. The Morgan fingerprint density at radius 2 is 2.04 bits per heavy atom. The molecule has 0 saturated carbocycles. The number of nitrogens with one attached hydrogen (secondary N) is 1. The second-order valence-corrected chi connectivity index (χ2v) is 7.69. The highest BCUT2D eigenvalue weighted by molar-refractivity contribution is 6.31. The molecule has 0 aromatic carbocycles. The predicted octanol–water partition coefficient (Wildman–Crippen LogP) is 3.44. The first kappa shape index (κ1) is 20.8. The molecular formula is C19H26Cl2N2O3. The SMILES string of the molecule is CCCCC1C(C(=O)NCCCC2=CC(Cl)C(Cl)C=C2)=C(O)C(=O)N1C. The van der Waals surface area contributed by atoms with Gasteiger partial charge in [-0.1, -0.05) is 43.6 Å². The molecule has 0 spiro atoms. The van der Waals surface area contributed by atoms with Crippen molar-refractivity contribution >= 4 is 35.0 Å². The Balaban J connectivity index is 1.87. The van der Waals surface area contributed by atoms with Gasteiger partial charge in [-0.05, 0) is 19.3 Å². The zero-order valence-corrected chi connectivity index (χ0v) is 16.7. The lowest BCUT2D eigenvalue weighted by Gasteiger charge is -2.22. The van der Waals surface area contributed by atoms with Crippen molar-refractivity contribution in [2.24, 2.45) is 0 Å². The second kappa shape index (κ2) is 9.47. The smallest absolute Gasteiger partial charge is 0.289 e. The standard InChI is InChI=1S/C19H26Cl2N2O3/c1-3-4-7-15-16(17(24)19(26)23(15)2)18(25)22-10-5-6-12-8-9-13(20)14(21)11-12/h8-9,11,13-15,24H,3-7,10H2,1-2H3,(H,22,25). The minimum absolute atomic E-state index is 0.188. The Bertz CT molecular complexity index is 643. The van der Waals surface area contributed by atoms with Gasteiger partial charge in [0.2, 0.25) is 0 Å². The molecule has 1 aliphatic carbocycles. The van der Waals surface area contributed by atoms with Crippen molar-refractivity contribution in [3.05, 3.63) is 35.1 Å². The van der Waals surface area contributed by atoms with Crippen LogP contribution in [-0.2, 0) is 9.59 Å². The summed E-state index contributed by atoms with van der Waals surface area (Å²) in [5.74, 6) is -1.29. The molecule has 2 aliphatic rings. The Labute approximate surface area is 164 Å². The fourth-order valence-electron chi connectivity index (χ4n) is 3.20. The lowest BCUT2D eigenvalue weighted by atomic mass is 10.0. The topological polar surface area (TPSA) is 69.6 Å². The minimum Gasteiger partial charge on any atom is -0.503 e. The third-order valence-corrected chi connectivity index (χ3v) is 5.70. The molecule has 0 bridgehead atoms. The number of allylic oxidation sites excluding steroid dienone is 4. The van der Waals surface area contributed by atoms with E-state index in [2.05, 4.69) is 5.32 Å². The van der Waals surface area contributed by atoms with Crippen molar-refractivity contribution in [1.82, 2.24) is 10.2 Å². The Hall–Kier alpha value is -1.46. The van der Waals surface area contributed by atoms with Crippen molar-refractivity contribution < 1.29 is 14.7 Å². The molecule has 144 valence electrons. The Morgan fingerprint density at radius 3 is 2.69 bits per heavy atom. The monoisotopic (exact) mass is 400 g/mol. The van der Waals surface area contributed by atoms with Crippen LogP contribution >= 0.6 is 23.2 Å². The number of aliphatic hydroxyl groups excluding tert-OH is 1. The van der Waals surface area contributed by atoms with E-state index in [1.165, 1.54) is 4.90 Å². The summed E-state index contributed by atoms with van der Waals surface area (Å²) in [6, 6.07) is -0.357. The zero-order chi connectivity index (χ0) is 19.3. The summed E-state index contributed by atoms with van der Waals surface area (Å²) < 4.78 is 0. The summed E-state index contributed by atoms with van der Waals surface area (Å²) in [5, 5.41) is 12.5. The fourth-order valence-corrected chi connectivity index (χ4v) is 3.59. The van der Waals surface area contributed by atoms with Crippen LogP contribution in [0.1, 0.15) is 39.0 Å². The number of carbonyl (C=O) groups is 2. The van der Waals surface area contributed by atoms with Crippen molar-refractivity contribution in [3.63, 3.8) is 0 Å². The molecule has 7 heteroatoms. The van der Waals surface area contributed by atoms with Crippen LogP contribution in [0.3, 0.4) is 0 Å². The number of aliphatic hydroxyl groups is 1. The predicted molar refractivity (Wildman–Crippen MR) is 104 cm³/mol. The van der Waals surface area contributed by atoms with Gasteiger partial charge in [0, 0.05) is 13.6 Å². The molecule has 26 heavy (non-hydrogen) atoms. The number of alkyl halides is 2. The number of hydrogen-bond donors (Lipinski definition) is 2. The van der Waals surface area contributed by atoms with E-state index in [9.17, 15) is 14.7 Å². The Kier molecular flexibility index (Phi) is 7.59. The van der Waals surface area contributed by atoms with Gasteiger partial charge in [0.25, 0.3) is 11.8 Å². The lowest BCUT2D eigenvalue weighted by Crippen LogP contribution is -2.36. The van der Waals surface area contributed by atoms with Crippen LogP contribution < -0.4 is 5.32 Å². The number of amides is 2. The van der Waals surface area contributed by atoms with Crippen LogP contribution in [-0.4, -0.2) is 52.2 Å². The normalized spacial score (nSPS) is 25.7. The summed E-state index contributed by atoms with van der Waals surface area (Å²) >= 11 is 12.1. The number of rotatable bonds is 8. The molecule has 0 aromatic rings. The van der Waals surface area contributed by atoms with Crippen molar-refractivity contribution in [1.29, 1.82) is 0 Å². The van der Waals surface area contributed by atoms with Crippen LogP contribution in [0.25, 0.3) is 0 Å². The number of likely N-dealkylation sites (N-methyl/N-ethyl adjacent to an activating group) is 1. The highest BCUT2D eigenvalue weighted by Gasteiger charge is 2.40. The molecule has 1 heterocycles. The number of nitrogens with zero attached hydrogens (tertiary/aromatic N) is 1. The van der Waals surface area contributed by atoms with E-state index in [4.69, 9.17) is 23.2 Å². The van der Waals surface area contributed by atoms with E-state index in [-0.39, 0.29) is 28.3 Å². The van der Waals surface area contributed by atoms with Crippen LogP contribution in [0.15, 0.2) is 35.1 Å².